The topological polar surface area (TPSA) is 45.2 Å². The van der Waals surface area contributed by atoms with Crippen LogP contribution in [0, 0.1) is 13.8 Å². The zero-order chi connectivity index (χ0) is 10.8. The zero-order valence-electron chi connectivity index (χ0n) is 9.29. The first kappa shape index (κ1) is 10.9. The third-order valence-corrected chi connectivity index (χ3v) is 4.07. The molecule has 4 heteroatoms. The highest BCUT2D eigenvalue weighted by Crippen LogP contribution is 2.26. The molecule has 0 radical (unpaired) electrons. The van der Waals surface area contributed by atoms with Crippen molar-refractivity contribution in [2.75, 3.05) is 5.32 Å². The zero-order valence-corrected chi connectivity index (χ0v) is 10.1. The molecule has 0 spiro atoms. The van der Waals surface area contributed by atoms with Crippen molar-refractivity contribution < 1.29 is 5.11 Å². The van der Waals surface area contributed by atoms with Crippen LogP contribution < -0.4 is 5.32 Å². The summed E-state index contributed by atoms with van der Waals surface area (Å²) >= 11 is 1.68. The first-order valence-corrected chi connectivity index (χ1v) is 6.37. The van der Waals surface area contributed by atoms with E-state index in [1.807, 2.05) is 6.92 Å². The van der Waals surface area contributed by atoms with E-state index in [1.165, 1.54) is 11.3 Å². The standard InChI is InChI=1S/C11H18N2OS/c1-7-8(2)15-11(12-7)13-9-5-3-4-6-10(9)14/h9-10,14H,3-6H2,1-2H3,(H,12,13). The van der Waals surface area contributed by atoms with Crippen LogP contribution in [-0.2, 0) is 0 Å². The van der Waals surface area contributed by atoms with Crippen molar-refractivity contribution >= 4 is 16.5 Å². The van der Waals surface area contributed by atoms with Gasteiger partial charge < -0.3 is 10.4 Å². The van der Waals surface area contributed by atoms with Gasteiger partial charge in [-0.25, -0.2) is 4.98 Å². The van der Waals surface area contributed by atoms with Gasteiger partial charge in [-0.3, -0.25) is 0 Å². The maximum atomic E-state index is 9.82. The van der Waals surface area contributed by atoms with Crippen LogP contribution in [0.5, 0.6) is 0 Å². The van der Waals surface area contributed by atoms with E-state index in [0.717, 1.165) is 30.1 Å². The normalized spacial score (nSPS) is 26.6. The predicted molar refractivity (Wildman–Crippen MR) is 63.5 cm³/mol. The molecule has 1 saturated carbocycles. The number of rotatable bonds is 2. The number of aliphatic hydroxyl groups excluding tert-OH is 1. The summed E-state index contributed by atoms with van der Waals surface area (Å²) in [5, 5.41) is 14.1. The third-order valence-electron chi connectivity index (χ3n) is 3.07. The Labute approximate surface area is 94.5 Å². The average molecular weight is 226 g/mol. The summed E-state index contributed by atoms with van der Waals surface area (Å²) in [5.41, 5.74) is 1.09. The molecule has 0 saturated heterocycles. The highest BCUT2D eigenvalue weighted by Gasteiger charge is 2.23. The summed E-state index contributed by atoms with van der Waals surface area (Å²) in [6.07, 6.45) is 4.12. The minimum absolute atomic E-state index is 0.198. The average Bonchev–Trinajstić information content (AvgIpc) is 2.50. The van der Waals surface area contributed by atoms with Gasteiger partial charge in [-0.1, -0.05) is 12.8 Å². The Morgan fingerprint density at radius 3 is 2.67 bits per heavy atom. The molecule has 2 N–H and O–H groups in total. The summed E-state index contributed by atoms with van der Waals surface area (Å²) in [5.74, 6) is 0. The molecule has 15 heavy (non-hydrogen) atoms. The fourth-order valence-corrected chi connectivity index (χ4v) is 2.85. The number of aromatic nitrogens is 1. The van der Waals surface area contributed by atoms with Gasteiger partial charge in [-0.15, -0.1) is 11.3 Å². The van der Waals surface area contributed by atoms with E-state index in [1.54, 1.807) is 11.3 Å². The molecular formula is C11H18N2OS. The van der Waals surface area contributed by atoms with Crippen LogP contribution >= 0.6 is 11.3 Å². The second kappa shape index (κ2) is 4.49. The second-order valence-electron chi connectivity index (χ2n) is 4.26. The lowest BCUT2D eigenvalue weighted by atomic mass is 9.93. The van der Waals surface area contributed by atoms with Gasteiger partial charge in [0.05, 0.1) is 17.8 Å². The lowest BCUT2D eigenvalue weighted by Gasteiger charge is -2.28. The number of nitrogens with one attached hydrogen (secondary N) is 1. The van der Waals surface area contributed by atoms with E-state index in [2.05, 4.69) is 17.2 Å². The van der Waals surface area contributed by atoms with Gasteiger partial charge in [-0.05, 0) is 26.7 Å². The number of hydrogen-bond acceptors (Lipinski definition) is 4. The van der Waals surface area contributed by atoms with E-state index in [4.69, 9.17) is 0 Å². The molecule has 2 rings (SSSR count). The largest absolute Gasteiger partial charge is 0.391 e. The molecule has 1 fully saturated rings. The molecule has 1 aromatic rings. The van der Waals surface area contributed by atoms with Crippen LogP contribution in [0.4, 0.5) is 5.13 Å². The van der Waals surface area contributed by atoms with Crippen LogP contribution in [0.2, 0.25) is 0 Å². The Balaban J connectivity index is 2.01. The van der Waals surface area contributed by atoms with Gasteiger partial charge in [0.15, 0.2) is 5.13 Å². The third kappa shape index (κ3) is 2.49. The van der Waals surface area contributed by atoms with Crippen molar-refractivity contribution in [1.82, 2.24) is 4.98 Å². The van der Waals surface area contributed by atoms with Crippen molar-refractivity contribution in [3.8, 4) is 0 Å². The first-order valence-electron chi connectivity index (χ1n) is 5.55. The predicted octanol–water partition coefficient (Wildman–Crippen LogP) is 2.48. The number of anilines is 1. The molecule has 2 atom stereocenters. The summed E-state index contributed by atoms with van der Waals surface area (Å²) in [6.45, 7) is 4.10. The smallest absolute Gasteiger partial charge is 0.183 e. The lowest BCUT2D eigenvalue weighted by molar-refractivity contribution is 0.116. The molecule has 2 unspecified atom stereocenters. The molecule has 0 bridgehead atoms. The Kier molecular flexibility index (Phi) is 3.26. The Bertz CT molecular complexity index is 318. The van der Waals surface area contributed by atoms with Gasteiger partial charge in [0.25, 0.3) is 0 Å². The highest BCUT2D eigenvalue weighted by molar-refractivity contribution is 7.15. The summed E-state index contributed by atoms with van der Waals surface area (Å²) in [7, 11) is 0. The quantitative estimate of drug-likeness (QED) is 0.814. The minimum Gasteiger partial charge on any atom is -0.391 e. The lowest BCUT2D eigenvalue weighted by Crippen LogP contribution is -2.36. The van der Waals surface area contributed by atoms with Gasteiger partial charge in [-0.2, -0.15) is 0 Å². The van der Waals surface area contributed by atoms with Gasteiger partial charge >= 0.3 is 0 Å². The SMILES string of the molecule is Cc1nc(NC2CCCCC2O)sc1C. The van der Waals surface area contributed by atoms with Gasteiger partial charge in [0.2, 0.25) is 0 Å². The van der Waals surface area contributed by atoms with Crippen LogP contribution in [0.25, 0.3) is 0 Å². The van der Waals surface area contributed by atoms with Crippen molar-refractivity contribution in [3.63, 3.8) is 0 Å². The molecular weight excluding hydrogens is 208 g/mol. The summed E-state index contributed by atoms with van der Waals surface area (Å²) in [4.78, 5) is 5.69. The van der Waals surface area contributed by atoms with Crippen molar-refractivity contribution in [1.29, 1.82) is 0 Å². The van der Waals surface area contributed by atoms with Crippen molar-refractivity contribution in [2.45, 2.75) is 51.7 Å². The Morgan fingerprint density at radius 1 is 1.33 bits per heavy atom. The number of thiazole rings is 1. The van der Waals surface area contributed by atoms with E-state index in [-0.39, 0.29) is 12.1 Å². The molecule has 1 heterocycles. The number of aryl methyl sites for hydroxylation is 2. The highest BCUT2D eigenvalue weighted by atomic mass is 32.1. The van der Waals surface area contributed by atoms with E-state index in [9.17, 15) is 5.11 Å². The second-order valence-corrected chi connectivity index (χ2v) is 5.47. The molecule has 0 amide bonds. The maximum absolute atomic E-state index is 9.82. The Morgan fingerprint density at radius 2 is 2.07 bits per heavy atom. The summed E-state index contributed by atoms with van der Waals surface area (Å²) < 4.78 is 0. The molecule has 84 valence electrons. The van der Waals surface area contributed by atoms with Crippen molar-refractivity contribution in [2.24, 2.45) is 0 Å². The molecule has 1 aliphatic carbocycles. The fourth-order valence-electron chi connectivity index (χ4n) is 1.97. The van der Waals surface area contributed by atoms with E-state index >= 15 is 0 Å². The van der Waals surface area contributed by atoms with Gasteiger partial charge in [0, 0.05) is 4.88 Å². The van der Waals surface area contributed by atoms with Crippen LogP contribution in [0.15, 0.2) is 0 Å². The van der Waals surface area contributed by atoms with Crippen LogP contribution in [0.1, 0.15) is 36.3 Å². The molecule has 0 aliphatic heterocycles. The molecule has 0 aromatic carbocycles. The molecule has 3 nitrogen and oxygen atoms in total. The maximum Gasteiger partial charge on any atom is 0.183 e. The molecule has 1 aromatic heterocycles. The fraction of sp³-hybridized carbons (Fsp3) is 0.727. The van der Waals surface area contributed by atoms with E-state index < -0.39 is 0 Å². The molecule has 1 aliphatic rings. The van der Waals surface area contributed by atoms with Crippen LogP contribution in [-0.4, -0.2) is 22.2 Å². The minimum atomic E-state index is -0.205. The number of aliphatic hydroxyl groups is 1. The monoisotopic (exact) mass is 226 g/mol. The van der Waals surface area contributed by atoms with Gasteiger partial charge in [0.1, 0.15) is 0 Å². The summed E-state index contributed by atoms with van der Waals surface area (Å²) in [6, 6.07) is 0.198. The first-order chi connectivity index (χ1) is 7.16. The van der Waals surface area contributed by atoms with Crippen LogP contribution in [0.3, 0.4) is 0 Å². The van der Waals surface area contributed by atoms with Crippen molar-refractivity contribution in [3.05, 3.63) is 10.6 Å². The Hall–Kier alpha value is -0.610. The number of nitrogens with zero attached hydrogens (tertiary/aromatic N) is 1. The van der Waals surface area contributed by atoms with E-state index in [0.29, 0.717) is 0 Å². The number of hydrogen-bond donors (Lipinski definition) is 2.